The van der Waals surface area contributed by atoms with Gasteiger partial charge in [0, 0.05) is 20.3 Å². The zero-order valence-corrected chi connectivity index (χ0v) is 18.0. The molecule has 1 heterocycles. The van der Waals surface area contributed by atoms with Gasteiger partial charge in [0.25, 0.3) is 5.91 Å². The summed E-state index contributed by atoms with van der Waals surface area (Å²) in [4.78, 5) is 27.3. The Bertz CT molecular complexity index is 894. The molecule has 3 rings (SSSR count). The molecule has 140 valence electrons. The summed E-state index contributed by atoms with van der Waals surface area (Å²) in [5.74, 6) is -0.773. The van der Waals surface area contributed by atoms with Gasteiger partial charge in [-0.15, -0.1) is 0 Å². The minimum Gasteiger partial charge on any atom is -0.464 e. The molecule has 5 nitrogen and oxygen atoms in total. The highest BCUT2D eigenvalue weighted by Gasteiger charge is 2.49. The van der Waals surface area contributed by atoms with Crippen molar-refractivity contribution in [3.05, 3.63) is 69.2 Å². The molecule has 0 saturated carbocycles. The molecule has 1 N–H and O–H groups in total. The maximum absolute atomic E-state index is 13.2. The van der Waals surface area contributed by atoms with Crippen molar-refractivity contribution < 1.29 is 14.3 Å². The number of anilines is 2. The van der Waals surface area contributed by atoms with E-state index in [9.17, 15) is 9.59 Å². The van der Waals surface area contributed by atoms with Crippen molar-refractivity contribution in [3.8, 4) is 0 Å². The molecule has 1 amide bonds. The fourth-order valence-corrected chi connectivity index (χ4v) is 3.45. The minimum absolute atomic E-state index is 0.236. The number of esters is 1. The third-order valence-corrected chi connectivity index (χ3v) is 5.28. The standard InChI is InChI=1S/C20H18Br2N2O3/c1-3-27-19(26)20(2)12-17(23-15-8-4-13(21)5-9-15)18(25)24(20)16-10-6-14(22)7-11-16/h4-12,23H,3H2,1-2H3. The van der Waals surface area contributed by atoms with Gasteiger partial charge in [0.05, 0.1) is 6.61 Å². The molecular weight excluding hydrogens is 476 g/mol. The molecule has 0 spiro atoms. The molecule has 0 radical (unpaired) electrons. The number of benzene rings is 2. The van der Waals surface area contributed by atoms with Crippen LogP contribution in [0.4, 0.5) is 11.4 Å². The number of carbonyl (C=O) groups excluding carboxylic acids is 2. The normalized spacial score (nSPS) is 19.0. The number of nitrogens with one attached hydrogen (secondary N) is 1. The van der Waals surface area contributed by atoms with Crippen LogP contribution < -0.4 is 10.2 Å². The Morgan fingerprint density at radius 3 is 2.19 bits per heavy atom. The van der Waals surface area contributed by atoms with Crippen LogP contribution in [0.3, 0.4) is 0 Å². The Hall–Kier alpha value is -2.12. The first-order chi connectivity index (χ1) is 12.8. The fraction of sp³-hybridized carbons (Fsp3) is 0.200. The van der Waals surface area contributed by atoms with Crippen LogP contribution in [0.15, 0.2) is 69.2 Å². The van der Waals surface area contributed by atoms with Crippen LogP contribution in [0, 0.1) is 0 Å². The Morgan fingerprint density at radius 2 is 1.63 bits per heavy atom. The van der Waals surface area contributed by atoms with Crippen molar-refractivity contribution in [2.24, 2.45) is 0 Å². The van der Waals surface area contributed by atoms with E-state index in [2.05, 4.69) is 37.2 Å². The molecule has 0 saturated heterocycles. The van der Waals surface area contributed by atoms with E-state index in [0.29, 0.717) is 11.4 Å². The van der Waals surface area contributed by atoms with E-state index < -0.39 is 11.5 Å². The topological polar surface area (TPSA) is 58.6 Å². The van der Waals surface area contributed by atoms with Crippen LogP contribution in [0.5, 0.6) is 0 Å². The van der Waals surface area contributed by atoms with Crippen LogP contribution >= 0.6 is 31.9 Å². The molecule has 1 aliphatic rings. The molecule has 2 aromatic rings. The lowest BCUT2D eigenvalue weighted by atomic mass is 10.0. The summed E-state index contributed by atoms with van der Waals surface area (Å²) < 4.78 is 7.07. The number of rotatable bonds is 5. The summed E-state index contributed by atoms with van der Waals surface area (Å²) in [7, 11) is 0. The Balaban J connectivity index is 1.99. The highest BCUT2D eigenvalue weighted by atomic mass is 79.9. The van der Waals surface area contributed by atoms with Crippen LogP contribution in [0.2, 0.25) is 0 Å². The van der Waals surface area contributed by atoms with Gasteiger partial charge in [-0.05, 0) is 68.5 Å². The SMILES string of the molecule is CCOC(=O)C1(C)C=C(Nc2ccc(Br)cc2)C(=O)N1c1ccc(Br)cc1. The summed E-state index contributed by atoms with van der Waals surface area (Å²) >= 11 is 6.78. The Labute approximate surface area is 174 Å². The average molecular weight is 494 g/mol. The molecule has 1 unspecified atom stereocenters. The van der Waals surface area contributed by atoms with Gasteiger partial charge in [0.2, 0.25) is 0 Å². The second-order valence-electron chi connectivity index (χ2n) is 6.17. The molecular formula is C20H18Br2N2O3. The monoisotopic (exact) mass is 492 g/mol. The first-order valence-electron chi connectivity index (χ1n) is 8.38. The second-order valence-corrected chi connectivity index (χ2v) is 8.01. The number of halogens is 2. The molecule has 27 heavy (non-hydrogen) atoms. The van der Waals surface area contributed by atoms with E-state index in [-0.39, 0.29) is 12.5 Å². The lowest BCUT2D eigenvalue weighted by Gasteiger charge is -2.32. The van der Waals surface area contributed by atoms with E-state index >= 15 is 0 Å². The number of hydrogen-bond donors (Lipinski definition) is 1. The van der Waals surface area contributed by atoms with Crippen LogP contribution in [-0.2, 0) is 14.3 Å². The van der Waals surface area contributed by atoms with E-state index in [1.54, 1.807) is 32.1 Å². The maximum Gasteiger partial charge on any atom is 0.336 e. The highest BCUT2D eigenvalue weighted by Crippen LogP contribution is 2.35. The third-order valence-electron chi connectivity index (χ3n) is 4.22. The third kappa shape index (κ3) is 3.94. The fourth-order valence-electron chi connectivity index (χ4n) is 2.92. The van der Waals surface area contributed by atoms with E-state index in [1.165, 1.54) is 4.90 Å². The summed E-state index contributed by atoms with van der Waals surface area (Å²) in [5.41, 5.74) is 0.457. The summed E-state index contributed by atoms with van der Waals surface area (Å²) in [6, 6.07) is 14.7. The van der Waals surface area contributed by atoms with Crippen LogP contribution in [0.1, 0.15) is 13.8 Å². The maximum atomic E-state index is 13.2. The average Bonchev–Trinajstić information content (AvgIpc) is 2.90. The predicted octanol–water partition coefficient (Wildman–Crippen LogP) is 4.88. The van der Waals surface area contributed by atoms with E-state index in [0.717, 1.165) is 14.6 Å². The molecule has 0 fully saturated rings. The number of hydrogen-bond acceptors (Lipinski definition) is 4. The Morgan fingerprint density at radius 1 is 1.07 bits per heavy atom. The first kappa shape index (κ1) is 19.6. The Kier molecular flexibility index (Phi) is 5.72. The number of carbonyl (C=O) groups is 2. The molecule has 0 aromatic heterocycles. The summed E-state index contributed by atoms with van der Waals surface area (Å²) in [6.07, 6.45) is 1.62. The molecule has 1 atom stereocenters. The van der Waals surface area contributed by atoms with Crippen molar-refractivity contribution in [1.82, 2.24) is 0 Å². The molecule has 7 heteroatoms. The minimum atomic E-state index is -1.24. The second kappa shape index (κ2) is 7.86. The molecule has 0 bridgehead atoms. The summed E-state index contributed by atoms with van der Waals surface area (Å²) in [5, 5.41) is 3.11. The largest absolute Gasteiger partial charge is 0.464 e. The first-order valence-corrected chi connectivity index (χ1v) is 9.96. The molecule has 0 aliphatic carbocycles. The van der Waals surface area contributed by atoms with Gasteiger partial charge in [-0.25, -0.2) is 4.79 Å². The zero-order chi connectivity index (χ0) is 19.6. The predicted molar refractivity (Wildman–Crippen MR) is 113 cm³/mol. The van der Waals surface area contributed by atoms with E-state index in [1.807, 2.05) is 36.4 Å². The molecule has 2 aromatic carbocycles. The van der Waals surface area contributed by atoms with Gasteiger partial charge in [-0.2, -0.15) is 0 Å². The van der Waals surface area contributed by atoms with Gasteiger partial charge < -0.3 is 10.1 Å². The quantitative estimate of drug-likeness (QED) is 0.603. The van der Waals surface area contributed by atoms with Crippen molar-refractivity contribution in [1.29, 1.82) is 0 Å². The van der Waals surface area contributed by atoms with Gasteiger partial charge in [-0.3, -0.25) is 9.69 Å². The van der Waals surface area contributed by atoms with Gasteiger partial charge in [-0.1, -0.05) is 31.9 Å². The lowest BCUT2D eigenvalue weighted by Crippen LogP contribution is -2.51. The van der Waals surface area contributed by atoms with Crippen LogP contribution in [0.25, 0.3) is 0 Å². The van der Waals surface area contributed by atoms with Gasteiger partial charge in [0.15, 0.2) is 5.54 Å². The number of nitrogens with zero attached hydrogens (tertiary/aromatic N) is 1. The van der Waals surface area contributed by atoms with Crippen molar-refractivity contribution in [2.75, 3.05) is 16.8 Å². The van der Waals surface area contributed by atoms with Gasteiger partial charge in [0.1, 0.15) is 5.70 Å². The van der Waals surface area contributed by atoms with E-state index in [4.69, 9.17) is 4.74 Å². The van der Waals surface area contributed by atoms with Crippen molar-refractivity contribution in [3.63, 3.8) is 0 Å². The van der Waals surface area contributed by atoms with Crippen molar-refractivity contribution >= 4 is 55.1 Å². The zero-order valence-electron chi connectivity index (χ0n) is 14.8. The van der Waals surface area contributed by atoms with Crippen LogP contribution in [-0.4, -0.2) is 24.0 Å². The lowest BCUT2D eigenvalue weighted by molar-refractivity contribution is -0.147. The highest BCUT2D eigenvalue weighted by molar-refractivity contribution is 9.10. The smallest absolute Gasteiger partial charge is 0.336 e. The van der Waals surface area contributed by atoms with Crippen molar-refractivity contribution in [2.45, 2.75) is 19.4 Å². The van der Waals surface area contributed by atoms with Gasteiger partial charge >= 0.3 is 5.97 Å². The number of ether oxygens (including phenoxy) is 1. The summed E-state index contributed by atoms with van der Waals surface area (Å²) in [6.45, 7) is 3.66. The molecule has 1 aliphatic heterocycles. The number of amides is 1.